The first kappa shape index (κ1) is 14.3. The van der Waals surface area contributed by atoms with Gasteiger partial charge in [0.25, 0.3) is 0 Å². The second-order valence-electron chi connectivity index (χ2n) is 5.02. The van der Waals surface area contributed by atoms with Gasteiger partial charge < -0.3 is 18.9 Å². The molecule has 0 saturated heterocycles. The first-order valence-electron chi connectivity index (χ1n) is 7.19. The zero-order valence-electron chi connectivity index (χ0n) is 13.1. The third-order valence-corrected chi connectivity index (χ3v) is 3.69. The highest BCUT2D eigenvalue weighted by molar-refractivity contribution is 5.79. The molecule has 122 valence electrons. The van der Waals surface area contributed by atoms with Gasteiger partial charge in [0.15, 0.2) is 11.5 Å². The Kier molecular flexibility index (Phi) is 3.42. The monoisotopic (exact) mass is 326 g/mol. The molecule has 0 amide bonds. The van der Waals surface area contributed by atoms with Gasteiger partial charge in [0.2, 0.25) is 12.5 Å². The maximum atomic E-state index is 5.46. The van der Waals surface area contributed by atoms with Crippen molar-refractivity contribution in [1.29, 1.82) is 0 Å². The number of hydrogen-bond donors (Lipinski definition) is 1. The number of H-pyrrole nitrogens is 1. The van der Waals surface area contributed by atoms with E-state index in [1.807, 2.05) is 24.3 Å². The van der Waals surface area contributed by atoms with E-state index in [-0.39, 0.29) is 6.79 Å². The molecule has 0 spiro atoms. The topological polar surface area (TPSA) is 91.4 Å². The number of fused-ring (bicyclic) bond motifs is 1. The highest BCUT2D eigenvalue weighted by atomic mass is 16.7. The first-order chi connectivity index (χ1) is 11.8. The number of aromatic nitrogens is 4. The summed E-state index contributed by atoms with van der Waals surface area (Å²) in [6.45, 7) is 0.168. The van der Waals surface area contributed by atoms with Gasteiger partial charge in [-0.2, -0.15) is 15.4 Å². The van der Waals surface area contributed by atoms with Crippen LogP contribution < -0.4 is 18.9 Å². The molecular weight excluding hydrogens is 312 g/mol. The van der Waals surface area contributed by atoms with Crippen LogP contribution in [-0.4, -0.2) is 41.4 Å². The Morgan fingerprint density at radius 1 is 1.04 bits per heavy atom. The van der Waals surface area contributed by atoms with E-state index < -0.39 is 0 Å². The molecule has 1 N–H and O–H groups in total. The molecule has 0 unspecified atom stereocenters. The fourth-order valence-electron chi connectivity index (χ4n) is 2.52. The summed E-state index contributed by atoms with van der Waals surface area (Å²) in [7, 11) is 3.17. The highest BCUT2D eigenvalue weighted by Crippen LogP contribution is 2.44. The number of benzene rings is 1. The van der Waals surface area contributed by atoms with Crippen LogP contribution in [0.1, 0.15) is 0 Å². The number of methoxy groups -OCH3 is 2. The Morgan fingerprint density at radius 2 is 1.92 bits per heavy atom. The van der Waals surface area contributed by atoms with Crippen molar-refractivity contribution >= 4 is 0 Å². The van der Waals surface area contributed by atoms with E-state index in [1.54, 1.807) is 20.4 Å². The van der Waals surface area contributed by atoms with Crippen LogP contribution in [0.3, 0.4) is 0 Å². The molecule has 0 fully saturated rings. The third-order valence-electron chi connectivity index (χ3n) is 3.69. The predicted octanol–water partition coefficient (Wildman–Crippen LogP) is 2.28. The molecular formula is C16H14N4O4. The van der Waals surface area contributed by atoms with Gasteiger partial charge in [-0.05, 0) is 24.3 Å². The summed E-state index contributed by atoms with van der Waals surface area (Å²) in [5.74, 6) is 2.46. The van der Waals surface area contributed by atoms with E-state index in [0.717, 1.165) is 5.56 Å². The lowest BCUT2D eigenvalue weighted by Gasteiger charge is -2.07. The van der Waals surface area contributed by atoms with Crippen molar-refractivity contribution in [2.24, 2.45) is 0 Å². The molecule has 2 aromatic heterocycles. The SMILES string of the molecule is COc1ccc(-c2n[nH]nc2-c2cc(OC)c3c(c2)OCO3)nc1. The number of ether oxygens (including phenoxy) is 4. The molecule has 0 bridgehead atoms. The lowest BCUT2D eigenvalue weighted by molar-refractivity contribution is 0.171. The van der Waals surface area contributed by atoms with Gasteiger partial charge in [0.1, 0.15) is 17.1 Å². The second-order valence-corrected chi connectivity index (χ2v) is 5.02. The predicted molar refractivity (Wildman–Crippen MR) is 84.3 cm³/mol. The van der Waals surface area contributed by atoms with Gasteiger partial charge >= 0.3 is 0 Å². The molecule has 24 heavy (non-hydrogen) atoms. The van der Waals surface area contributed by atoms with Crippen LogP contribution in [0.15, 0.2) is 30.5 Å². The molecule has 0 atom stereocenters. The van der Waals surface area contributed by atoms with Crippen molar-refractivity contribution in [3.05, 3.63) is 30.5 Å². The van der Waals surface area contributed by atoms with Crippen molar-refractivity contribution < 1.29 is 18.9 Å². The number of nitrogens with one attached hydrogen (secondary N) is 1. The summed E-state index contributed by atoms with van der Waals surface area (Å²) in [4.78, 5) is 4.36. The zero-order valence-corrected chi connectivity index (χ0v) is 13.1. The highest BCUT2D eigenvalue weighted by Gasteiger charge is 2.23. The number of aromatic amines is 1. The average Bonchev–Trinajstić information content (AvgIpc) is 3.29. The van der Waals surface area contributed by atoms with Gasteiger partial charge in [0, 0.05) is 5.56 Å². The molecule has 3 aromatic rings. The van der Waals surface area contributed by atoms with E-state index in [4.69, 9.17) is 18.9 Å². The van der Waals surface area contributed by atoms with Crippen LogP contribution in [0.2, 0.25) is 0 Å². The van der Waals surface area contributed by atoms with E-state index in [1.165, 1.54) is 0 Å². The average molecular weight is 326 g/mol. The van der Waals surface area contributed by atoms with Gasteiger partial charge in [-0.15, -0.1) is 0 Å². The molecule has 1 aromatic carbocycles. The summed E-state index contributed by atoms with van der Waals surface area (Å²) in [5.41, 5.74) is 2.73. The summed E-state index contributed by atoms with van der Waals surface area (Å²) >= 11 is 0. The van der Waals surface area contributed by atoms with Crippen LogP contribution in [-0.2, 0) is 0 Å². The number of hydrogen-bond acceptors (Lipinski definition) is 7. The summed E-state index contributed by atoms with van der Waals surface area (Å²) in [6.07, 6.45) is 1.63. The van der Waals surface area contributed by atoms with Crippen molar-refractivity contribution in [2.45, 2.75) is 0 Å². The van der Waals surface area contributed by atoms with Gasteiger partial charge in [-0.25, -0.2) is 0 Å². The van der Waals surface area contributed by atoms with Crippen LogP contribution >= 0.6 is 0 Å². The van der Waals surface area contributed by atoms with Crippen molar-refractivity contribution in [1.82, 2.24) is 20.4 Å². The van der Waals surface area contributed by atoms with Crippen LogP contribution in [0.4, 0.5) is 0 Å². The van der Waals surface area contributed by atoms with Crippen molar-refractivity contribution in [3.63, 3.8) is 0 Å². The molecule has 8 heteroatoms. The minimum atomic E-state index is 0.168. The molecule has 3 heterocycles. The minimum absolute atomic E-state index is 0.168. The standard InChI is InChI=1S/C16H14N4O4/c1-21-10-3-4-11(17-7-10)15-14(18-20-19-15)9-5-12(22-2)16-13(6-9)23-8-24-16/h3-7H,8H2,1-2H3,(H,18,19,20). The second kappa shape index (κ2) is 5.73. The number of rotatable bonds is 4. The van der Waals surface area contributed by atoms with Crippen molar-refractivity contribution in [3.8, 4) is 45.6 Å². The van der Waals surface area contributed by atoms with Crippen molar-refractivity contribution in [2.75, 3.05) is 21.0 Å². The normalized spacial score (nSPS) is 12.2. The number of nitrogens with zero attached hydrogens (tertiary/aromatic N) is 3. The van der Waals surface area contributed by atoms with E-state index in [2.05, 4.69) is 20.4 Å². The molecule has 4 rings (SSSR count). The number of pyridine rings is 1. The largest absolute Gasteiger partial charge is 0.495 e. The smallest absolute Gasteiger partial charge is 0.231 e. The Bertz CT molecular complexity index is 876. The summed E-state index contributed by atoms with van der Waals surface area (Å²) < 4.78 is 21.4. The Balaban J connectivity index is 1.80. The molecule has 1 aliphatic heterocycles. The maximum Gasteiger partial charge on any atom is 0.231 e. The Labute approximate surface area is 137 Å². The molecule has 8 nitrogen and oxygen atoms in total. The fourth-order valence-corrected chi connectivity index (χ4v) is 2.52. The Morgan fingerprint density at radius 3 is 2.67 bits per heavy atom. The van der Waals surface area contributed by atoms with Crippen LogP contribution in [0.5, 0.6) is 23.0 Å². The first-order valence-corrected chi connectivity index (χ1v) is 7.19. The molecule has 0 radical (unpaired) electrons. The summed E-state index contributed by atoms with van der Waals surface area (Å²) in [5, 5.41) is 11.1. The molecule has 0 aliphatic carbocycles. The lowest BCUT2D eigenvalue weighted by atomic mass is 10.1. The molecule has 1 aliphatic rings. The minimum Gasteiger partial charge on any atom is -0.495 e. The van der Waals surface area contributed by atoms with E-state index in [9.17, 15) is 0 Å². The summed E-state index contributed by atoms with van der Waals surface area (Å²) in [6, 6.07) is 7.32. The van der Waals surface area contributed by atoms with Gasteiger partial charge in [-0.3, -0.25) is 4.98 Å². The van der Waals surface area contributed by atoms with Gasteiger partial charge in [-0.1, -0.05) is 0 Å². The zero-order chi connectivity index (χ0) is 16.5. The molecule has 0 saturated carbocycles. The van der Waals surface area contributed by atoms with Gasteiger partial charge in [0.05, 0.1) is 26.1 Å². The van der Waals surface area contributed by atoms with E-state index in [0.29, 0.717) is 40.1 Å². The maximum absolute atomic E-state index is 5.46. The van der Waals surface area contributed by atoms with Crippen LogP contribution in [0.25, 0.3) is 22.6 Å². The third kappa shape index (κ3) is 2.28. The Hall–Kier alpha value is -3.29. The quantitative estimate of drug-likeness (QED) is 0.786. The fraction of sp³-hybridized carbons (Fsp3) is 0.188. The van der Waals surface area contributed by atoms with Crippen LogP contribution in [0, 0.1) is 0 Å². The lowest BCUT2D eigenvalue weighted by Crippen LogP contribution is -1.93. The van der Waals surface area contributed by atoms with E-state index >= 15 is 0 Å².